The van der Waals surface area contributed by atoms with Crippen LogP contribution in [0.5, 0.6) is 0 Å². The maximum atomic E-state index is 9.04. The summed E-state index contributed by atoms with van der Waals surface area (Å²) in [6, 6.07) is 6.07. The van der Waals surface area contributed by atoms with Crippen molar-refractivity contribution in [3.05, 3.63) is 42.0 Å². The van der Waals surface area contributed by atoms with Crippen molar-refractivity contribution in [2.24, 2.45) is 11.3 Å². The van der Waals surface area contributed by atoms with Crippen LogP contribution in [0.1, 0.15) is 50.3 Å². The molecule has 11 heteroatoms. The first-order valence-corrected chi connectivity index (χ1v) is 14.1. The van der Waals surface area contributed by atoms with Gasteiger partial charge in [-0.3, -0.25) is 5.41 Å². The molecular formula is C27H34N8O2Si. The van der Waals surface area contributed by atoms with Crippen molar-refractivity contribution in [3.8, 4) is 11.4 Å². The van der Waals surface area contributed by atoms with E-state index >= 15 is 0 Å². The SMILES string of the molecule is C[C@@H]1OCC2(CCN(c3cnc(C(=N)N4CC[C@H](C=[SiH2])c5cc(-c6ncon6)ccc54)c(N)n3)CC2)[C@@H]1C. The van der Waals surface area contributed by atoms with E-state index in [1.807, 2.05) is 26.9 Å². The number of rotatable bonds is 4. The lowest BCUT2D eigenvalue weighted by Crippen LogP contribution is -2.44. The molecule has 2 fully saturated rings. The van der Waals surface area contributed by atoms with Crippen molar-refractivity contribution in [2.45, 2.75) is 45.1 Å². The van der Waals surface area contributed by atoms with E-state index in [4.69, 9.17) is 25.4 Å². The first kappa shape index (κ1) is 24.9. The molecule has 3 atom stereocenters. The molecule has 0 unspecified atom stereocenters. The lowest BCUT2D eigenvalue weighted by atomic mass is 9.70. The Morgan fingerprint density at radius 3 is 2.68 bits per heavy atom. The standard InChI is InChI=1S/C27H34N8O2Si/c1-16-17(2)36-14-27(16)6-9-34(10-7-27)22-12-30-23(24(28)32-22)25(29)35-8-5-19(13-38)20-11-18(3-4-21(20)35)26-31-15-37-33-26/h3-4,11-13,15-17,19,29H,5-10,14,38H2,1-2H3,(H2,28,32)/t16-,17+,19-/m1/s1. The van der Waals surface area contributed by atoms with E-state index in [2.05, 4.69) is 45.6 Å². The first-order valence-electron chi connectivity index (χ1n) is 13.3. The number of nitrogens with zero attached hydrogens (tertiary/aromatic N) is 6. The fraction of sp³-hybridized carbons (Fsp3) is 0.481. The maximum absolute atomic E-state index is 9.04. The molecule has 3 aromatic rings. The molecule has 1 aromatic carbocycles. The van der Waals surface area contributed by atoms with Gasteiger partial charge >= 0.3 is 0 Å². The van der Waals surface area contributed by atoms with Crippen molar-refractivity contribution >= 4 is 38.7 Å². The van der Waals surface area contributed by atoms with Crippen LogP contribution in [0.3, 0.4) is 0 Å². The number of anilines is 3. The zero-order chi connectivity index (χ0) is 26.4. The number of hydrogen-bond donors (Lipinski definition) is 2. The van der Waals surface area contributed by atoms with E-state index in [9.17, 15) is 0 Å². The quantitative estimate of drug-likeness (QED) is 0.297. The van der Waals surface area contributed by atoms with E-state index in [-0.39, 0.29) is 23.0 Å². The highest BCUT2D eigenvalue weighted by molar-refractivity contribution is 6.29. The molecule has 0 aliphatic carbocycles. The van der Waals surface area contributed by atoms with Crippen molar-refractivity contribution in [3.63, 3.8) is 0 Å². The Balaban J connectivity index is 1.22. The number of fused-ring (bicyclic) bond motifs is 1. The van der Waals surface area contributed by atoms with E-state index < -0.39 is 0 Å². The van der Waals surface area contributed by atoms with Gasteiger partial charge in [-0.2, -0.15) is 4.98 Å². The van der Waals surface area contributed by atoms with Crippen LogP contribution in [0.15, 0.2) is 35.3 Å². The van der Waals surface area contributed by atoms with Crippen molar-refractivity contribution in [1.82, 2.24) is 20.1 Å². The summed E-state index contributed by atoms with van der Waals surface area (Å²) < 4.78 is 10.9. The molecule has 6 rings (SSSR count). The lowest BCUT2D eigenvalue weighted by molar-refractivity contribution is 0.0969. The Kier molecular flexibility index (Phi) is 6.35. The summed E-state index contributed by atoms with van der Waals surface area (Å²) in [5, 5.41) is 13.0. The van der Waals surface area contributed by atoms with Gasteiger partial charge in [-0.15, -0.1) is 5.67 Å². The van der Waals surface area contributed by atoms with Crippen LogP contribution < -0.4 is 15.5 Å². The van der Waals surface area contributed by atoms with Crippen LogP contribution in [0, 0.1) is 16.7 Å². The molecule has 0 bridgehead atoms. The van der Waals surface area contributed by atoms with Gasteiger partial charge in [0.15, 0.2) is 11.7 Å². The summed E-state index contributed by atoms with van der Waals surface area (Å²) in [6.45, 7) is 7.85. The number of nitrogens with one attached hydrogen (secondary N) is 1. The highest BCUT2D eigenvalue weighted by atomic mass is 28.1. The molecule has 0 amide bonds. The number of ether oxygens (including phenoxy) is 1. The number of amidine groups is 1. The summed E-state index contributed by atoms with van der Waals surface area (Å²) >= 11 is 0. The van der Waals surface area contributed by atoms with E-state index in [1.54, 1.807) is 6.20 Å². The Morgan fingerprint density at radius 2 is 2.03 bits per heavy atom. The van der Waals surface area contributed by atoms with Gasteiger partial charge in [0.25, 0.3) is 0 Å². The molecule has 1 spiro atoms. The molecule has 198 valence electrons. The first-order chi connectivity index (χ1) is 18.4. The summed E-state index contributed by atoms with van der Waals surface area (Å²) in [4.78, 5) is 17.8. The van der Waals surface area contributed by atoms with E-state index in [0.717, 1.165) is 61.6 Å². The zero-order valence-electron chi connectivity index (χ0n) is 21.9. The predicted octanol–water partition coefficient (Wildman–Crippen LogP) is 2.50. The normalized spacial score (nSPS) is 24.4. The maximum Gasteiger partial charge on any atom is 0.214 e. The Bertz CT molecular complexity index is 1360. The minimum Gasteiger partial charge on any atom is -0.382 e. The Labute approximate surface area is 225 Å². The Morgan fingerprint density at radius 1 is 1.21 bits per heavy atom. The summed E-state index contributed by atoms with van der Waals surface area (Å²) in [7, 11) is 1.85. The van der Waals surface area contributed by atoms with Gasteiger partial charge in [-0.25, -0.2) is 9.97 Å². The number of aromatic nitrogens is 4. The molecule has 38 heavy (non-hydrogen) atoms. The van der Waals surface area contributed by atoms with Crippen LogP contribution in [-0.4, -0.2) is 73.8 Å². The average molecular weight is 531 g/mol. The third-order valence-corrected chi connectivity index (χ3v) is 9.52. The van der Waals surface area contributed by atoms with Gasteiger partial charge in [-0.1, -0.05) is 12.1 Å². The molecule has 0 radical (unpaired) electrons. The lowest BCUT2D eigenvalue weighted by Gasteiger charge is -2.41. The van der Waals surface area contributed by atoms with Crippen molar-refractivity contribution in [2.75, 3.05) is 41.8 Å². The van der Waals surface area contributed by atoms with Crippen LogP contribution in [-0.2, 0) is 4.74 Å². The minimum atomic E-state index is 0.260. The number of benzene rings is 1. The van der Waals surface area contributed by atoms with Gasteiger partial charge in [0, 0.05) is 42.2 Å². The molecule has 10 nitrogen and oxygen atoms in total. The molecule has 0 saturated carbocycles. The molecule has 3 aliphatic rings. The molecule has 2 aromatic heterocycles. The highest BCUT2D eigenvalue weighted by Gasteiger charge is 2.47. The summed E-state index contributed by atoms with van der Waals surface area (Å²) in [5.41, 5.74) is 12.3. The van der Waals surface area contributed by atoms with Crippen molar-refractivity contribution in [1.29, 1.82) is 5.41 Å². The minimum absolute atomic E-state index is 0.260. The topological polar surface area (TPSA) is 130 Å². The fourth-order valence-electron chi connectivity index (χ4n) is 6.26. The zero-order valence-corrected chi connectivity index (χ0v) is 23.3. The number of piperidine rings is 1. The second-order valence-electron chi connectivity index (χ2n) is 10.8. The summed E-state index contributed by atoms with van der Waals surface area (Å²) in [5.74, 6) is 2.72. The molecule has 3 N–H and O–H groups in total. The number of nitrogen functional groups attached to an aromatic ring is 1. The van der Waals surface area contributed by atoms with Crippen LogP contribution in [0.25, 0.3) is 11.4 Å². The monoisotopic (exact) mass is 530 g/mol. The molecule has 3 aliphatic heterocycles. The van der Waals surface area contributed by atoms with Gasteiger partial charge in [0.05, 0.1) is 18.9 Å². The Hall–Kier alpha value is -3.44. The van der Waals surface area contributed by atoms with Gasteiger partial charge in [0.1, 0.15) is 11.5 Å². The van der Waals surface area contributed by atoms with Crippen LogP contribution >= 0.6 is 0 Å². The van der Waals surface area contributed by atoms with E-state index in [1.165, 1.54) is 6.39 Å². The molecule has 2 saturated heterocycles. The van der Waals surface area contributed by atoms with Crippen LogP contribution in [0.4, 0.5) is 17.3 Å². The van der Waals surface area contributed by atoms with Gasteiger partial charge in [-0.05, 0) is 65.7 Å². The fourth-order valence-corrected chi connectivity index (χ4v) is 6.75. The number of hydrogen-bond acceptors (Lipinski definition) is 9. The smallest absolute Gasteiger partial charge is 0.214 e. The van der Waals surface area contributed by atoms with Crippen LogP contribution in [0.2, 0.25) is 0 Å². The highest BCUT2D eigenvalue weighted by Crippen LogP contribution is 2.46. The third-order valence-electron chi connectivity index (χ3n) is 8.95. The van der Waals surface area contributed by atoms with Gasteiger partial charge < -0.3 is 24.8 Å². The second kappa shape index (κ2) is 9.70. The second-order valence-corrected chi connectivity index (χ2v) is 11.2. The molecule has 5 heterocycles. The van der Waals surface area contributed by atoms with E-state index in [0.29, 0.717) is 30.1 Å². The summed E-state index contributed by atoms with van der Waals surface area (Å²) in [6.07, 6.45) is 6.45. The average Bonchev–Trinajstić information content (AvgIpc) is 3.58. The third kappa shape index (κ3) is 4.13. The number of nitrogens with two attached hydrogens (primary N) is 1. The van der Waals surface area contributed by atoms with Gasteiger partial charge in [0.2, 0.25) is 12.2 Å². The predicted molar refractivity (Wildman–Crippen MR) is 151 cm³/mol. The van der Waals surface area contributed by atoms with Crippen molar-refractivity contribution < 1.29 is 9.26 Å². The molecular weight excluding hydrogens is 496 g/mol. The largest absolute Gasteiger partial charge is 0.382 e.